The van der Waals surface area contributed by atoms with Gasteiger partial charge >= 0.3 is 0 Å². The molecule has 0 saturated heterocycles. The van der Waals surface area contributed by atoms with Gasteiger partial charge in [-0.05, 0) is 42.8 Å². The van der Waals surface area contributed by atoms with E-state index >= 15 is 0 Å². The van der Waals surface area contributed by atoms with Crippen LogP contribution in [0, 0.1) is 18.6 Å². The van der Waals surface area contributed by atoms with Crippen molar-refractivity contribution in [3.63, 3.8) is 0 Å². The number of ketones is 1. The Labute approximate surface area is 108 Å². The third-order valence-corrected chi connectivity index (χ3v) is 3.00. The molecule has 0 fully saturated rings. The molecule has 0 heterocycles. The van der Waals surface area contributed by atoms with Crippen LogP contribution in [-0.2, 0) is 0 Å². The van der Waals surface area contributed by atoms with Crippen LogP contribution in [0.1, 0.15) is 21.5 Å². The van der Waals surface area contributed by atoms with Crippen molar-refractivity contribution >= 4 is 17.4 Å². The minimum absolute atomic E-state index is 0.0719. The molecule has 0 atom stereocenters. The monoisotopic (exact) mass is 266 g/mol. The van der Waals surface area contributed by atoms with E-state index in [-0.39, 0.29) is 16.1 Å². The van der Waals surface area contributed by atoms with Gasteiger partial charge in [0.15, 0.2) is 5.78 Å². The fourth-order valence-corrected chi connectivity index (χ4v) is 1.83. The van der Waals surface area contributed by atoms with Crippen molar-refractivity contribution in [3.8, 4) is 0 Å². The lowest BCUT2D eigenvalue weighted by molar-refractivity contribution is 0.103. The summed E-state index contributed by atoms with van der Waals surface area (Å²) in [7, 11) is 0. The minimum Gasteiger partial charge on any atom is -0.289 e. The highest BCUT2D eigenvalue weighted by Crippen LogP contribution is 2.23. The van der Waals surface area contributed by atoms with E-state index in [1.807, 2.05) is 0 Å². The Hall–Kier alpha value is -1.74. The molecule has 2 aromatic carbocycles. The van der Waals surface area contributed by atoms with E-state index in [2.05, 4.69) is 0 Å². The van der Waals surface area contributed by atoms with Gasteiger partial charge in [-0.25, -0.2) is 8.78 Å². The van der Waals surface area contributed by atoms with E-state index in [4.69, 9.17) is 11.6 Å². The molecule has 0 aromatic heterocycles. The van der Waals surface area contributed by atoms with Crippen molar-refractivity contribution in [3.05, 3.63) is 69.7 Å². The Morgan fingerprint density at radius 2 is 1.83 bits per heavy atom. The summed E-state index contributed by atoms with van der Waals surface area (Å²) in [5, 5.41) is -0.218. The summed E-state index contributed by atoms with van der Waals surface area (Å²) in [5.74, 6) is -1.47. The molecule has 18 heavy (non-hydrogen) atoms. The number of hydrogen-bond donors (Lipinski definition) is 0. The third-order valence-electron chi connectivity index (χ3n) is 2.62. The van der Waals surface area contributed by atoms with Crippen molar-refractivity contribution in [1.29, 1.82) is 0 Å². The molecule has 0 aliphatic heterocycles. The molecule has 0 radical (unpaired) electrons. The lowest BCUT2D eigenvalue weighted by Crippen LogP contribution is -2.04. The number of benzene rings is 2. The number of halogens is 3. The predicted molar refractivity (Wildman–Crippen MR) is 66.0 cm³/mol. The topological polar surface area (TPSA) is 17.1 Å². The number of carbonyl (C=O) groups is 1. The fourth-order valence-electron chi connectivity index (χ4n) is 1.62. The van der Waals surface area contributed by atoms with Gasteiger partial charge in [-0.15, -0.1) is 0 Å². The lowest BCUT2D eigenvalue weighted by Gasteiger charge is -2.05. The van der Waals surface area contributed by atoms with Crippen LogP contribution in [0.25, 0.3) is 0 Å². The van der Waals surface area contributed by atoms with Crippen molar-refractivity contribution in [2.75, 3.05) is 0 Å². The summed E-state index contributed by atoms with van der Waals surface area (Å²) in [4.78, 5) is 12.1. The second-order valence-electron chi connectivity index (χ2n) is 3.89. The average Bonchev–Trinajstić information content (AvgIpc) is 2.35. The smallest absolute Gasteiger partial charge is 0.194 e. The normalized spacial score (nSPS) is 10.4. The first-order valence-corrected chi connectivity index (χ1v) is 5.63. The van der Waals surface area contributed by atoms with Gasteiger partial charge in [0.25, 0.3) is 0 Å². The van der Waals surface area contributed by atoms with Crippen molar-refractivity contribution in [2.24, 2.45) is 0 Å². The van der Waals surface area contributed by atoms with Gasteiger partial charge in [-0.3, -0.25) is 4.79 Å². The first-order chi connectivity index (χ1) is 8.50. The summed E-state index contributed by atoms with van der Waals surface area (Å²) < 4.78 is 26.4. The summed E-state index contributed by atoms with van der Waals surface area (Å²) in [6.07, 6.45) is 0. The molecule has 0 bridgehead atoms. The summed E-state index contributed by atoms with van der Waals surface area (Å²) in [6.45, 7) is 1.55. The van der Waals surface area contributed by atoms with Crippen LogP contribution < -0.4 is 0 Å². The van der Waals surface area contributed by atoms with E-state index in [1.165, 1.54) is 36.4 Å². The molecule has 0 unspecified atom stereocenters. The van der Waals surface area contributed by atoms with Crippen molar-refractivity contribution in [1.82, 2.24) is 0 Å². The molecule has 1 nitrogen and oxygen atoms in total. The molecule has 0 amide bonds. The molecule has 0 saturated carbocycles. The highest BCUT2D eigenvalue weighted by Gasteiger charge is 2.16. The maximum Gasteiger partial charge on any atom is 0.194 e. The standard InChI is InChI=1S/C14H9ClF2O/c1-8-7-9(5-6-11(8)16)14(18)10-3-2-4-12(17)13(10)15/h2-7H,1H3. The largest absolute Gasteiger partial charge is 0.289 e. The summed E-state index contributed by atoms with van der Waals surface area (Å²) in [6, 6.07) is 7.99. The zero-order valence-corrected chi connectivity index (χ0v) is 10.3. The van der Waals surface area contributed by atoms with Crippen LogP contribution in [0.3, 0.4) is 0 Å². The van der Waals surface area contributed by atoms with Gasteiger partial charge in [0.05, 0.1) is 5.02 Å². The second kappa shape index (κ2) is 4.86. The summed E-state index contributed by atoms with van der Waals surface area (Å²) >= 11 is 5.74. The van der Waals surface area contributed by atoms with Crippen LogP contribution in [0.2, 0.25) is 5.02 Å². The minimum atomic E-state index is -0.652. The van der Waals surface area contributed by atoms with Crippen LogP contribution >= 0.6 is 11.6 Å². The quantitative estimate of drug-likeness (QED) is 0.746. The molecule has 0 aliphatic carbocycles. The maximum atomic E-state index is 13.3. The third kappa shape index (κ3) is 2.27. The van der Waals surface area contributed by atoms with Crippen molar-refractivity contribution in [2.45, 2.75) is 6.92 Å². The van der Waals surface area contributed by atoms with E-state index < -0.39 is 17.4 Å². The van der Waals surface area contributed by atoms with E-state index in [1.54, 1.807) is 6.92 Å². The lowest BCUT2D eigenvalue weighted by atomic mass is 10.0. The van der Waals surface area contributed by atoms with E-state index in [9.17, 15) is 13.6 Å². The first-order valence-electron chi connectivity index (χ1n) is 5.25. The highest BCUT2D eigenvalue weighted by atomic mass is 35.5. The van der Waals surface area contributed by atoms with Gasteiger partial charge in [0, 0.05) is 11.1 Å². The molecular formula is C14H9ClF2O. The molecule has 0 spiro atoms. The van der Waals surface area contributed by atoms with Crippen LogP contribution in [-0.4, -0.2) is 5.78 Å². The van der Waals surface area contributed by atoms with Gasteiger partial charge in [-0.2, -0.15) is 0 Å². The molecule has 0 N–H and O–H groups in total. The molecule has 92 valence electrons. The number of hydrogen-bond acceptors (Lipinski definition) is 1. The molecule has 0 aliphatic rings. The Morgan fingerprint density at radius 3 is 2.50 bits per heavy atom. The first kappa shape index (κ1) is 12.7. The number of rotatable bonds is 2. The zero-order chi connectivity index (χ0) is 13.3. The highest BCUT2D eigenvalue weighted by molar-refractivity contribution is 6.35. The average molecular weight is 267 g/mol. The molecule has 2 aromatic rings. The van der Waals surface area contributed by atoms with Gasteiger partial charge < -0.3 is 0 Å². The number of carbonyl (C=O) groups excluding carboxylic acids is 1. The Morgan fingerprint density at radius 1 is 1.11 bits per heavy atom. The van der Waals surface area contributed by atoms with Crippen LogP contribution in [0.5, 0.6) is 0 Å². The Balaban J connectivity index is 2.48. The molecular weight excluding hydrogens is 258 g/mol. The Bertz CT molecular complexity index is 623. The van der Waals surface area contributed by atoms with Gasteiger partial charge in [0.2, 0.25) is 0 Å². The Kier molecular flexibility index (Phi) is 3.43. The second-order valence-corrected chi connectivity index (χ2v) is 4.27. The van der Waals surface area contributed by atoms with Crippen LogP contribution in [0.4, 0.5) is 8.78 Å². The summed E-state index contributed by atoms with van der Waals surface area (Å²) in [5.41, 5.74) is 0.706. The molecule has 4 heteroatoms. The van der Waals surface area contributed by atoms with Gasteiger partial charge in [0.1, 0.15) is 11.6 Å². The molecule has 2 rings (SSSR count). The van der Waals surface area contributed by atoms with Gasteiger partial charge in [-0.1, -0.05) is 17.7 Å². The van der Waals surface area contributed by atoms with E-state index in [0.717, 1.165) is 0 Å². The maximum absolute atomic E-state index is 13.3. The van der Waals surface area contributed by atoms with E-state index in [0.29, 0.717) is 5.56 Å². The van der Waals surface area contributed by atoms with Crippen LogP contribution in [0.15, 0.2) is 36.4 Å². The number of aryl methyl sites for hydroxylation is 1. The zero-order valence-electron chi connectivity index (χ0n) is 9.51. The fraction of sp³-hybridized carbons (Fsp3) is 0.0714. The van der Waals surface area contributed by atoms with Crippen molar-refractivity contribution < 1.29 is 13.6 Å². The SMILES string of the molecule is Cc1cc(C(=O)c2cccc(F)c2Cl)ccc1F. The predicted octanol–water partition coefficient (Wildman–Crippen LogP) is 4.16.